The number of benzene rings is 2. The number of imidazole rings is 1. The van der Waals surface area contributed by atoms with Crippen molar-refractivity contribution in [3.05, 3.63) is 48.8 Å². The van der Waals surface area contributed by atoms with E-state index < -0.39 is 32.1 Å². The maximum atomic E-state index is 14.3. The van der Waals surface area contributed by atoms with Crippen molar-refractivity contribution in [1.29, 1.82) is 0 Å². The highest BCUT2D eigenvalue weighted by Crippen LogP contribution is 2.48. The number of carbonyl (C=O) groups excluding carboxylic acids is 1. The number of esters is 1. The minimum Gasteiger partial charge on any atom is -0.479 e. The molecule has 0 bridgehead atoms. The van der Waals surface area contributed by atoms with Crippen molar-refractivity contribution in [1.82, 2.24) is 24.6 Å². The van der Waals surface area contributed by atoms with Gasteiger partial charge in [-0.3, -0.25) is 13.9 Å². The lowest BCUT2D eigenvalue weighted by molar-refractivity contribution is -0.145. The Balaban J connectivity index is 1.33. The van der Waals surface area contributed by atoms with Gasteiger partial charge >= 0.3 is 13.7 Å². The molecular formula is C31H41N6O7P. The molecular weight excluding hydrogens is 599 g/mol. The predicted octanol–water partition coefficient (Wildman–Crippen LogP) is 5.66. The normalized spacial score (nSPS) is 20.6. The van der Waals surface area contributed by atoms with Gasteiger partial charge in [-0.2, -0.15) is 15.1 Å². The first-order valence-corrected chi connectivity index (χ1v) is 16.5. The Morgan fingerprint density at radius 2 is 1.96 bits per heavy atom. The van der Waals surface area contributed by atoms with E-state index in [1.54, 1.807) is 30.0 Å². The van der Waals surface area contributed by atoms with Crippen molar-refractivity contribution in [3.8, 4) is 11.6 Å². The molecule has 242 valence electrons. The Kier molecular flexibility index (Phi) is 9.64. The number of nitrogens with two attached hydrogens (primary N) is 1. The van der Waals surface area contributed by atoms with Crippen LogP contribution in [0, 0.1) is 11.3 Å². The smallest absolute Gasteiger partial charge is 0.459 e. The average Bonchev–Trinajstić information content (AvgIpc) is 3.57. The summed E-state index contributed by atoms with van der Waals surface area (Å²) in [6, 6.07) is 12.0. The quantitative estimate of drug-likeness (QED) is 0.145. The predicted molar refractivity (Wildman–Crippen MR) is 170 cm³/mol. The highest BCUT2D eigenvalue weighted by molar-refractivity contribution is 7.52. The van der Waals surface area contributed by atoms with Crippen LogP contribution in [0.2, 0.25) is 0 Å². The van der Waals surface area contributed by atoms with Gasteiger partial charge < -0.3 is 24.5 Å². The summed E-state index contributed by atoms with van der Waals surface area (Å²) in [6.07, 6.45) is 1.96. The summed E-state index contributed by atoms with van der Waals surface area (Å²) in [5.74, 6) is 0.132. The molecule has 1 saturated heterocycles. The summed E-state index contributed by atoms with van der Waals surface area (Å²) in [5.41, 5.74) is 6.83. The van der Waals surface area contributed by atoms with E-state index in [1.807, 2.05) is 37.3 Å². The van der Waals surface area contributed by atoms with Gasteiger partial charge in [-0.15, -0.1) is 0 Å². The van der Waals surface area contributed by atoms with Crippen molar-refractivity contribution >= 4 is 41.6 Å². The first-order chi connectivity index (χ1) is 21.4. The zero-order valence-electron chi connectivity index (χ0n) is 26.4. The molecule has 1 fully saturated rings. The molecule has 2 aromatic carbocycles. The van der Waals surface area contributed by atoms with Crippen molar-refractivity contribution in [2.45, 2.75) is 65.8 Å². The molecule has 1 aliphatic heterocycles. The standard InChI is InChI=1S/C31H41N6O7P/c1-19-16-22(43-28(19)37-18-33-25-26(37)34-30(32)35-27(25)40-6)17-42-45(39,36-20(2)29(38)41-15-14-31(3,4)5)44-24-13-9-11-21-10-7-8-12-23(21)24/h7-13,18-20,22,28H,14-17H2,1-6H3,(H,36,39)(H2,32,34,35). The molecule has 0 spiro atoms. The summed E-state index contributed by atoms with van der Waals surface area (Å²) in [6.45, 7) is 9.95. The van der Waals surface area contributed by atoms with Crippen molar-refractivity contribution in [2.75, 3.05) is 26.1 Å². The maximum Gasteiger partial charge on any atom is 0.459 e. The fourth-order valence-electron chi connectivity index (χ4n) is 5.15. The van der Waals surface area contributed by atoms with Gasteiger partial charge in [0.2, 0.25) is 11.8 Å². The third kappa shape index (κ3) is 7.73. The second kappa shape index (κ2) is 13.3. The SMILES string of the molecule is COc1nc(N)nc2c1ncn2C1OC(COP(=O)(NC(C)C(=O)OCCC(C)(C)C)Oc2cccc3ccccc23)CC1C. The van der Waals surface area contributed by atoms with E-state index >= 15 is 0 Å². The molecule has 14 heteroatoms. The van der Waals surface area contributed by atoms with Gasteiger partial charge in [0.1, 0.15) is 18.0 Å². The summed E-state index contributed by atoms with van der Waals surface area (Å²) < 4.78 is 45.3. The van der Waals surface area contributed by atoms with E-state index in [2.05, 4.69) is 40.8 Å². The molecule has 0 amide bonds. The number of fused-ring (bicyclic) bond motifs is 2. The first-order valence-electron chi connectivity index (χ1n) is 14.9. The fraction of sp³-hybridized carbons (Fsp3) is 0.484. The number of rotatable bonds is 12. The lowest BCUT2D eigenvalue weighted by atomic mass is 9.93. The topological polar surface area (TPSA) is 162 Å². The third-order valence-electron chi connectivity index (χ3n) is 7.53. The molecule has 5 rings (SSSR count). The maximum absolute atomic E-state index is 14.3. The summed E-state index contributed by atoms with van der Waals surface area (Å²) in [5, 5.41) is 4.45. The first kappa shape index (κ1) is 32.6. The molecule has 3 heterocycles. The van der Waals surface area contributed by atoms with Crippen molar-refractivity contribution < 1.29 is 32.6 Å². The zero-order chi connectivity index (χ0) is 32.4. The molecule has 1 aliphatic rings. The van der Waals surface area contributed by atoms with Crippen LogP contribution < -0.4 is 20.1 Å². The Morgan fingerprint density at radius 3 is 2.71 bits per heavy atom. The van der Waals surface area contributed by atoms with Crippen LogP contribution >= 0.6 is 7.75 Å². The molecule has 0 saturated carbocycles. The van der Waals surface area contributed by atoms with E-state index in [0.717, 1.165) is 10.8 Å². The van der Waals surface area contributed by atoms with Crippen LogP contribution in [0.4, 0.5) is 5.95 Å². The van der Waals surface area contributed by atoms with Crippen LogP contribution in [0.3, 0.4) is 0 Å². The monoisotopic (exact) mass is 640 g/mol. The van der Waals surface area contributed by atoms with Gasteiger partial charge in [-0.1, -0.05) is 64.1 Å². The van der Waals surface area contributed by atoms with Crippen LogP contribution in [-0.2, 0) is 23.4 Å². The van der Waals surface area contributed by atoms with E-state index in [4.69, 9.17) is 29.0 Å². The third-order valence-corrected chi connectivity index (χ3v) is 9.16. The molecule has 0 aliphatic carbocycles. The Bertz CT molecular complexity index is 1700. The number of carbonyl (C=O) groups is 1. The second-order valence-electron chi connectivity index (χ2n) is 12.5. The summed E-state index contributed by atoms with van der Waals surface area (Å²) >= 11 is 0. The van der Waals surface area contributed by atoms with Crippen LogP contribution in [0.1, 0.15) is 53.7 Å². The molecule has 3 N–H and O–H groups in total. The van der Waals surface area contributed by atoms with E-state index in [9.17, 15) is 9.36 Å². The lowest BCUT2D eigenvalue weighted by Crippen LogP contribution is -2.36. The van der Waals surface area contributed by atoms with Crippen LogP contribution in [0.25, 0.3) is 21.9 Å². The Morgan fingerprint density at radius 1 is 1.20 bits per heavy atom. The number of nitrogens with zero attached hydrogens (tertiary/aromatic N) is 4. The number of hydrogen-bond donors (Lipinski definition) is 2. The largest absolute Gasteiger partial charge is 0.479 e. The summed E-state index contributed by atoms with van der Waals surface area (Å²) in [7, 11) is -2.64. The highest BCUT2D eigenvalue weighted by Gasteiger charge is 2.39. The number of ether oxygens (including phenoxy) is 3. The minimum atomic E-state index is -4.13. The highest BCUT2D eigenvalue weighted by atomic mass is 31.2. The zero-order valence-corrected chi connectivity index (χ0v) is 27.3. The van der Waals surface area contributed by atoms with E-state index in [-0.39, 0.29) is 36.4 Å². The molecule has 0 radical (unpaired) electrons. The van der Waals surface area contributed by atoms with E-state index in [0.29, 0.717) is 29.8 Å². The van der Waals surface area contributed by atoms with Crippen LogP contribution in [0.15, 0.2) is 48.8 Å². The van der Waals surface area contributed by atoms with Gasteiger partial charge in [0, 0.05) is 11.3 Å². The van der Waals surface area contributed by atoms with Crippen molar-refractivity contribution in [3.63, 3.8) is 0 Å². The number of nitrogens with one attached hydrogen (secondary N) is 1. The lowest BCUT2D eigenvalue weighted by Gasteiger charge is -2.25. The second-order valence-corrected chi connectivity index (χ2v) is 14.2. The molecule has 2 aromatic heterocycles. The average molecular weight is 641 g/mol. The number of nitrogen functional groups attached to an aromatic ring is 1. The number of hydrogen-bond acceptors (Lipinski definition) is 11. The van der Waals surface area contributed by atoms with Gasteiger partial charge in [0.15, 0.2) is 11.2 Å². The van der Waals surface area contributed by atoms with Crippen molar-refractivity contribution in [2.24, 2.45) is 11.3 Å². The van der Waals surface area contributed by atoms with Crippen LogP contribution in [0.5, 0.6) is 11.6 Å². The van der Waals surface area contributed by atoms with Gasteiger partial charge in [-0.25, -0.2) is 9.55 Å². The molecule has 45 heavy (non-hydrogen) atoms. The van der Waals surface area contributed by atoms with Gasteiger partial charge in [-0.05, 0) is 36.6 Å². The molecule has 5 unspecified atom stereocenters. The minimum absolute atomic E-state index is 0.00225. The fourth-order valence-corrected chi connectivity index (χ4v) is 6.69. The molecule has 4 aromatic rings. The summed E-state index contributed by atoms with van der Waals surface area (Å²) in [4.78, 5) is 25.7. The molecule has 13 nitrogen and oxygen atoms in total. The number of aromatic nitrogens is 4. The number of anilines is 1. The Labute approximate surface area is 262 Å². The molecule has 5 atom stereocenters. The van der Waals surface area contributed by atoms with Gasteiger partial charge in [0.25, 0.3) is 0 Å². The Hall–Kier alpha value is -3.77. The number of methoxy groups -OCH3 is 1. The van der Waals surface area contributed by atoms with Gasteiger partial charge in [0.05, 0.1) is 32.8 Å². The van der Waals surface area contributed by atoms with E-state index in [1.165, 1.54) is 7.11 Å². The van der Waals surface area contributed by atoms with Crippen LogP contribution in [-0.4, -0.2) is 58.0 Å².